The fraction of sp³-hybridized carbons (Fsp3) is 0.400. The predicted molar refractivity (Wildman–Crippen MR) is 83.0 cm³/mol. The Morgan fingerprint density at radius 3 is 2.63 bits per heavy atom. The lowest BCUT2D eigenvalue weighted by Crippen LogP contribution is -2.15. The zero-order valence-electron chi connectivity index (χ0n) is 12.0. The van der Waals surface area contributed by atoms with Gasteiger partial charge in [0.05, 0.1) is 10.7 Å². The van der Waals surface area contributed by atoms with E-state index in [2.05, 4.69) is 41.1 Å². The largest absolute Gasteiger partial charge is 0.378 e. The Kier molecular flexibility index (Phi) is 4.22. The lowest BCUT2D eigenvalue weighted by Gasteiger charge is -2.16. The molecule has 2 N–H and O–H groups in total. The topological polar surface area (TPSA) is 42.1 Å². The van der Waals surface area contributed by atoms with Crippen molar-refractivity contribution in [3.05, 3.63) is 45.4 Å². The molecule has 0 saturated heterocycles. The van der Waals surface area contributed by atoms with E-state index in [1.807, 2.05) is 21.0 Å². The van der Waals surface area contributed by atoms with Gasteiger partial charge in [0.2, 0.25) is 0 Å². The number of anilines is 1. The van der Waals surface area contributed by atoms with E-state index in [4.69, 9.17) is 5.73 Å². The van der Waals surface area contributed by atoms with Gasteiger partial charge < -0.3 is 10.6 Å². The minimum atomic E-state index is 0.00449. The molecule has 0 aliphatic carbocycles. The van der Waals surface area contributed by atoms with Crippen molar-refractivity contribution in [2.24, 2.45) is 5.73 Å². The number of hydrogen-bond acceptors (Lipinski definition) is 4. The van der Waals surface area contributed by atoms with Gasteiger partial charge in [-0.3, -0.25) is 0 Å². The molecule has 0 radical (unpaired) electrons. The van der Waals surface area contributed by atoms with Crippen LogP contribution in [0.1, 0.15) is 27.2 Å². The molecule has 0 fully saturated rings. The summed E-state index contributed by atoms with van der Waals surface area (Å²) < 4.78 is 0. The second kappa shape index (κ2) is 5.72. The van der Waals surface area contributed by atoms with E-state index in [9.17, 15) is 0 Å². The van der Waals surface area contributed by atoms with E-state index >= 15 is 0 Å². The maximum atomic E-state index is 6.30. The molecule has 1 heterocycles. The van der Waals surface area contributed by atoms with Crippen LogP contribution in [-0.4, -0.2) is 19.1 Å². The molecule has 4 heteroatoms. The number of nitrogens with two attached hydrogens (primary N) is 1. The first-order valence-corrected chi connectivity index (χ1v) is 7.25. The smallest absolute Gasteiger partial charge is 0.0949 e. The Bertz CT molecular complexity index is 541. The molecule has 1 unspecified atom stereocenters. The molecular formula is C15H21N3S. The van der Waals surface area contributed by atoms with Crippen molar-refractivity contribution in [2.75, 3.05) is 19.0 Å². The Labute approximate surface area is 119 Å². The third-order valence-electron chi connectivity index (χ3n) is 3.28. The van der Waals surface area contributed by atoms with Gasteiger partial charge in [0.15, 0.2) is 0 Å². The summed E-state index contributed by atoms with van der Waals surface area (Å²) in [6, 6.07) is 8.39. The summed E-state index contributed by atoms with van der Waals surface area (Å²) in [4.78, 5) is 7.93. The van der Waals surface area contributed by atoms with E-state index in [-0.39, 0.29) is 6.04 Å². The van der Waals surface area contributed by atoms with Crippen LogP contribution in [0.15, 0.2) is 24.3 Å². The van der Waals surface area contributed by atoms with Crippen LogP contribution in [-0.2, 0) is 6.42 Å². The van der Waals surface area contributed by atoms with Crippen molar-refractivity contribution in [1.82, 2.24) is 4.98 Å². The van der Waals surface area contributed by atoms with E-state index in [1.54, 1.807) is 11.3 Å². The highest BCUT2D eigenvalue weighted by molar-refractivity contribution is 7.11. The van der Waals surface area contributed by atoms with Crippen LogP contribution in [0.2, 0.25) is 0 Å². The molecule has 1 aromatic carbocycles. The predicted octanol–water partition coefficient (Wildman–Crippen LogP) is 3.07. The second-order valence-electron chi connectivity index (χ2n) is 5.05. The Morgan fingerprint density at radius 2 is 2.05 bits per heavy atom. The SMILES string of the molecule is Cc1nc(CC(N)c2cccc(N(C)C)c2)sc1C. The monoisotopic (exact) mass is 275 g/mol. The maximum absolute atomic E-state index is 6.30. The number of aryl methyl sites for hydroxylation is 2. The van der Waals surface area contributed by atoms with Crippen molar-refractivity contribution in [1.29, 1.82) is 0 Å². The average Bonchev–Trinajstić information content (AvgIpc) is 2.68. The van der Waals surface area contributed by atoms with Crippen LogP contribution >= 0.6 is 11.3 Å². The molecule has 3 nitrogen and oxygen atoms in total. The van der Waals surface area contributed by atoms with Crippen molar-refractivity contribution in [3.8, 4) is 0 Å². The Balaban J connectivity index is 2.15. The quantitative estimate of drug-likeness (QED) is 0.932. The van der Waals surface area contributed by atoms with Gasteiger partial charge in [-0.2, -0.15) is 0 Å². The first kappa shape index (κ1) is 14.0. The van der Waals surface area contributed by atoms with Gasteiger partial charge in [-0.15, -0.1) is 11.3 Å². The summed E-state index contributed by atoms with van der Waals surface area (Å²) in [7, 11) is 4.08. The number of rotatable bonds is 4. The van der Waals surface area contributed by atoms with Crippen LogP contribution in [0.5, 0.6) is 0 Å². The number of benzene rings is 1. The average molecular weight is 275 g/mol. The van der Waals surface area contributed by atoms with E-state index in [0.717, 1.165) is 22.7 Å². The molecule has 0 amide bonds. The van der Waals surface area contributed by atoms with Gasteiger partial charge in [0.25, 0.3) is 0 Å². The molecular weight excluding hydrogens is 254 g/mol. The van der Waals surface area contributed by atoms with Crippen molar-refractivity contribution >= 4 is 17.0 Å². The molecule has 0 bridgehead atoms. The van der Waals surface area contributed by atoms with Crippen LogP contribution in [0.25, 0.3) is 0 Å². The minimum Gasteiger partial charge on any atom is -0.378 e. The van der Waals surface area contributed by atoms with E-state index < -0.39 is 0 Å². The number of nitrogens with zero attached hydrogens (tertiary/aromatic N) is 2. The van der Waals surface area contributed by atoms with Crippen molar-refractivity contribution < 1.29 is 0 Å². The lowest BCUT2D eigenvalue weighted by atomic mass is 10.0. The van der Waals surface area contributed by atoms with Crippen LogP contribution in [0.3, 0.4) is 0 Å². The molecule has 0 aliphatic heterocycles. The number of thiazole rings is 1. The summed E-state index contributed by atoms with van der Waals surface area (Å²) in [5.41, 5.74) is 9.77. The summed E-state index contributed by atoms with van der Waals surface area (Å²) in [5.74, 6) is 0. The second-order valence-corrected chi connectivity index (χ2v) is 6.34. The molecule has 1 atom stereocenters. The molecule has 0 saturated carbocycles. The first-order chi connectivity index (χ1) is 8.97. The zero-order valence-corrected chi connectivity index (χ0v) is 12.8. The van der Waals surface area contributed by atoms with Crippen molar-refractivity contribution in [3.63, 3.8) is 0 Å². The van der Waals surface area contributed by atoms with Crippen molar-refractivity contribution in [2.45, 2.75) is 26.3 Å². The minimum absolute atomic E-state index is 0.00449. The highest BCUT2D eigenvalue weighted by atomic mass is 32.1. The highest BCUT2D eigenvalue weighted by Gasteiger charge is 2.12. The number of aromatic nitrogens is 1. The summed E-state index contributed by atoms with van der Waals surface area (Å²) >= 11 is 1.75. The first-order valence-electron chi connectivity index (χ1n) is 6.43. The van der Waals surface area contributed by atoms with Crippen LogP contribution in [0.4, 0.5) is 5.69 Å². The summed E-state index contributed by atoms with van der Waals surface area (Å²) in [5, 5.41) is 1.12. The lowest BCUT2D eigenvalue weighted by molar-refractivity contribution is 0.716. The van der Waals surface area contributed by atoms with Gasteiger partial charge in [-0.05, 0) is 31.5 Å². The zero-order chi connectivity index (χ0) is 14.0. The molecule has 0 spiro atoms. The summed E-state index contributed by atoms with van der Waals surface area (Å²) in [6.07, 6.45) is 0.802. The fourth-order valence-electron chi connectivity index (χ4n) is 1.97. The standard InChI is InChI=1S/C15H21N3S/c1-10-11(2)19-15(17-10)9-14(16)12-6-5-7-13(8-12)18(3)4/h5-8,14H,9,16H2,1-4H3. The molecule has 19 heavy (non-hydrogen) atoms. The normalized spacial score (nSPS) is 12.5. The summed E-state index contributed by atoms with van der Waals surface area (Å²) in [6.45, 7) is 4.15. The van der Waals surface area contributed by atoms with Crippen LogP contribution in [0, 0.1) is 13.8 Å². The third-order valence-corrected chi connectivity index (χ3v) is 4.38. The third kappa shape index (κ3) is 3.33. The van der Waals surface area contributed by atoms with E-state index in [0.29, 0.717) is 0 Å². The van der Waals surface area contributed by atoms with Crippen LogP contribution < -0.4 is 10.6 Å². The molecule has 0 aliphatic rings. The Morgan fingerprint density at radius 1 is 1.32 bits per heavy atom. The molecule has 102 valence electrons. The molecule has 2 rings (SSSR count). The maximum Gasteiger partial charge on any atom is 0.0949 e. The number of hydrogen-bond donors (Lipinski definition) is 1. The highest BCUT2D eigenvalue weighted by Crippen LogP contribution is 2.24. The molecule has 2 aromatic rings. The van der Waals surface area contributed by atoms with Gasteiger partial charge >= 0.3 is 0 Å². The van der Waals surface area contributed by atoms with Gasteiger partial charge in [0, 0.05) is 37.1 Å². The fourth-order valence-corrected chi connectivity index (χ4v) is 2.96. The van der Waals surface area contributed by atoms with Gasteiger partial charge in [-0.1, -0.05) is 12.1 Å². The molecule has 1 aromatic heterocycles. The van der Waals surface area contributed by atoms with Gasteiger partial charge in [-0.25, -0.2) is 4.98 Å². The van der Waals surface area contributed by atoms with Gasteiger partial charge in [0.1, 0.15) is 0 Å². The van der Waals surface area contributed by atoms with E-state index in [1.165, 1.54) is 10.6 Å². The Hall–Kier alpha value is -1.39.